The SMILES string of the molecule is CC(CC(=O)N(CC(=O)O)Cc1ccccc1)NC(=O)C1CCCC1. The van der Waals surface area contributed by atoms with Crippen molar-refractivity contribution in [3.05, 3.63) is 35.9 Å². The van der Waals surface area contributed by atoms with Gasteiger partial charge >= 0.3 is 5.97 Å². The molecule has 0 radical (unpaired) electrons. The Bertz CT molecular complexity index is 597. The van der Waals surface area contributed by atoms with E-state index >= 15 is 0 Å². The standard InChI is InChI=1S/C19H26N2O4/c1-14(20-19(25)16-9-5-6-10-16)11-17(22)21(13-18(23)24)12-15-7-3-2-4-8-15/h2-4,7-8,14,16H,5-6,9-13H2,1H3,(H,20,25)(H,23,24). The van der Waals surface area contributed by atoms with E-state index in [4.69, 9.17) is 5.11 Å². The topological polar surface area (TPSA) is 86.7 Å². The van der Waals surface area contributed by atoms with Gasteiger partial charge in [-0.15, -0.1) is 0 Å². The van der Waals surface area contributed by atoms with Crippen molar-refractivity contribution in [1.29, 1.82) is 0 Å². The summed E-state index contributed by atoms with van der Waals surface area (Å²) in [4.78, 5) is 37.0. The number of hydrogen-bond donors (Lipinski definition) is 2. The Kier molecular flexibility index (Phi) is 6.98. The third-order valence-electron chi connectivity index (χ3n) is 4.49. The summed E-state index contributed by atoms with van der Waals surface area (Å²) in [5, 5.41) is 12.0. The Morgan fingerprint density at radius 2 is 1.84 bits per heavy atom. The number of aliphatic carboxylic acids is 1. The van der Waals surface area contributed by atoms with E-state index in [1.54, 1.807) is 6.92 Å². The molecule has 2 rings (SSSR count). The predicted molar refractivity (Wildman–Crippen MR) is 93.7 cm³/mol. The molecule has 1 aliphatic carbocycles. The minimum absolute atomic E-state index is 0.00523. The number of nitrogens with one attached hydrogen (secondary N) is 1. The molecular formula is C19H26N2O4. The first-order valence-electron chi connectivity index (χ1n) is 8.79. The van der Waals surface area contributed by atoms with Crippen LogP contribution in [0.1, 0.15) is 44.6 Å². The van der Waals surface area contributed by atoms with Gasteiger partial charge in [-0.05, 0) is 25.3 Å². The van der Waals surface area contributed by atoms with Crippen molar-refractivity contribution < 1.29 is 19.5 Å². The van der Waals surface area contributed by atoms with Gasteiger partial charge in [0.05, 0.1) is 0 Å². The van der Waals surface area contributed by atoms with E-state index in [9.17, 15) is 14.4 Å². The summed E-state index contributed by atoms with van der Waals surface area (Å²) in [5.74, 6) is -1.26. The van der Waals surface area contributed by atoms with Crippen LogP contribution >= 0.6 is 0 Å². The number of carbonyl (C=O) groups excluding carboxylic acids is 2. The van der Waals surface area contributed by atoms with Crippen molar-refractivity contribution in [2.75, 3.05) is 6.54 Å². The molecule has 136 valence electrons. The fourth-order valence-electron chi connectivity index (χ4n) is 3.19. The zero-order valence-electron chi connectivity index (χ0n) is 14.6. The van der Waals surface area contributed by atoms with E-state index in [0.29, 0.717) is 0 Å². The number of benzene rings is 1. The molecule has 2 N–H and O–H groups in total. The van der Waals surface area contributed by atoms with Gasteiger partial charge in [0.1, 0.15) is 6.54 Å². The second-order valence-electron chi connectivity index (χ2n) is 6.72. The van der Waals surface area contributed by atoms with Crippen LogP contribution in [-0.2, 0) is 20.9 Å². The van der Waals surface area contributed by atoms with Gasteiger partial charge in [-0.2, -0.15) is 0 Å². The first-order chi connectivity index (χ1) is 12.0. The van der Waals surface area contributed by atoms with Gasteiger partial charge in [0.15, 0.2) is 0 Å². The summed E-state index contributed by atoms with van der Waals surface area (Å²) in [6.45, 7) is 1.68. The molecule has 0 bridgehead atoms. The normalized spacial score (nSPS) is 15.6. The van der Waals surface area contributed by atoms with Crippen LogP contribution in [0.4, 0.5) is 0 Å². The Balaban J connectivity index is 1.91. The molecule has 0 spiro atoms. The number of nitrogens with zero attached hydrogens (tertiary/aromatic N) is 1. The molecule has 1 saturated carbocycles. The lowest BCUT2D eigenvalue weighted by atomic mass is 10.1. The lowest BCUT2D eigenvalue weighted by Crippen LogP contribution is -2.42. The molecule has 0 heterocycles. The summed E-state index contributed by atoms with van der Waals surface area (Å²) < 4.78 is 0. The average molecular weight is 346 g/mol. The van der Waals surface area contributed by atoms with E-state index < -0.39 is 5.97 Å². The highest BCUT2D eigenvalue weighted by Crippen LogP contribution is 2.24. The number of rotatable bonds is 8. The first kappa shape index (κ1) is 19.0. The highest BCUT2D eigenvalue weighted by atomic mass is 16.4. The molecule has 1 unspecified atom stereocenters. The van der Waals surface area contributed by atoms with E-state index in [-0.39, 0.29) is 43.3 Å². The van der Waals surface area contributed by atoms with Gasteiger partial charge in [-0.25, -0.2) is 0 Å². The summed E-state index contributed by atoms with van der Waals surface area (Å²) >= 11 is 0. The molecule has 0 aliphatic heterocycles. The molecule has 1 atom stereocenters. The van der Waals surface area contributed by atoms with Crippen molar-refractivity contribution in [3.8, 4) is 0 Å². The van der Waals surface area contributed by atoms with Gasteiger partial charge in [0, 0.05) is 24.9 Å². The third kappa shape index (κ3) is 6.21. The van der Waals surface area contributed by atoms with Crippen LogP contribution < -0.4 is 5.32 Å². The fourth-order valence-corrected chi connectivity index (χ4v) is 3.19. The number of hydrogen-bond acceptors (Lipinski definition) is 3. The van der Waals surface area contributed by atoms with Crippen LogP contribution in [0, 0.1) is 5.92 Å². The molecule has 1 aromatic rings. The fraction of sp³-hybridized carbons (Fsp3) is 0.526. The number of carboxylic acids is 1. The zero-order chi connectivity index (χ0) is 18.2. The Labute approximate surface area is 148 Å². The van der Waals surface area contributed by atoms with Crippen molar-refractivity contribution in [3.63, 3.8) is 0 Å². The van der Waals surface area contributed by atoms with Crippen LogP contribution in [-0.4, -0.2) is 40.4 Å². The molecule has 2 amide bonds. The maximum atomic E-state index is 12.5. The summed E-state index contributed by atoms with van der Waals surface area (Å²) in [7, 11) is 0. The van der Waals surface area contributed by atoms with Crippen LogP contribution in [0.15, 0.2) is 30.3 Å². The predicted octanol–water partition coefficient (Wildman–Crippen LogP) is 2.18. The average Bonchev–Trinajstić information content (AvgIpc) is 3.09. The molecule has 6 heteroatoms. The quantitative estimate of drug-likeness (QED) is 0.755. The van der Waals surface area contributed by atoms with Gasteiger partial charge in [-0.3, -0.25) is 14.4 Å². The molecule has 25 heavy (non-hydrogen) atoms. The van der Waals surface area contributed by atoms with E-state index in [1.165, 1.54) is 4.90 Å². The van der Waals surface area contributed by atoms with Crippen LogP contribution in [0.2, 0.25) is 0 Å². The van der Waals surface area contributed by atoms with Gasteiger partial charge in [0.25, 0.3) is 0 Å². The van der Waals surface area contributed by atoms with E-state index in [1.807, 2.05) is 30.3 Å². The zero-order valence-corrected chi connectivity index (χ0v) is 14.6. The lowest BCUT2D eigenvalue weighted by Gasteiger charge is -2.23. The lowest BCUT2D eigenvalue weighted by molar-refractivity contribution is -0.145. The van der Waals surface area contributed by atoms with Crippen molar-refractivity contribution in [2.24, 2.45) is 5.92 Å². The van der Waals surface area contributed by atoms with Crippen LogP contribution in [0.5, 0.6) is 0 Å². The highest BCUT2D eigenvalue weighted by Gasteiger charge is 2.25. The monoisotopic (exact) mass is 346 g/mol. The number of carbonyl (C=O) groups is 3. The minimum Gasteiger partial charge on any atom is -0.480 e. The third-order valence-corrected chi connectivity index (χ3v) is 4.49. The molecule has 1 aromatic carbocycles. The number of carboxylic acid groups (broad SMARTS) is 1. The van der Waals surface area contributed by atoms with Crippen molar-refractivity contribution in [2.45, 2.75) is 51.6 Å². The summed E-state index contributed by atoms with van der Waals surface area (Å²) in [6, 6.07) is 8.97. The summed E-state index contributed by atoms with van der Waals surface area (Å²) in [6.07, 6.45) is 4.07. The Morgan fingerprint density at radius 3 is 2.44 bits per heavy atom. The maximum absolute atomic E-state index is 12.5. The second kappa shape index (κ2) is 9.20. The van der Waals surface area contributed by atoms with Crippen molar-refractivity contribution in [1.82, 2.24) is 10.2 Å². The van der Waals surface area contributed by atoms with Crippen molar-refractivity contribution >= 4 is 17.8 Å². The molecule has 1 aliphatic rings. The van der Waals surface area contributed by atoms with Gasteiger partial charge < -0.3 is 15.3 Å². The molecular weight excluding hydrogens is 320 g/mol. The Hall–Kier alpha value is -2.37. The Morgan fingerprint density at radius 1 is 1.20 bits per heavy atom. The van der Waals surface area contributed by atoms with Gasteiger partial charge in [-0.1, -0.05) is 43.2 Å². The van der Waals surface area contributed by atoms with Gasteiger partial charge in [0.2, 0.25) is 11.8 Å². The first-order valence-corrected chi connectivity index (χ1v) is 8.79. The van der Waals surface area contributed by atoms with Crippen LogP contribution in [0.3, 0.4) is 0 Å². The largest absolute Gasteiger partial charge is 0.480 e. The molecule has 0 saturated heterocycles. The summed E-state index contributed by atoms with van der Waals surface area (Å²) in [5.41, 5.74) is 0.875. The highest BCUT2D eigenvalue weighted by molar-refractivity contribution is 5.83. The number of amides is 2. The minimum atomic E-state index is -1.05. The maximum Gasteiger partial charge on any atom is 0.323 e. The van der Waals surface area contributed by atoms with Crippen LogP contribution in [0.25, 0.3) is 0 Å². The second-order valence-corrected chi connectivity index (χ2v) is 6.72. The van der Waals surface area contributed by atoms with E-state index in [0.717, 1.165) is 31.2 Å². The molecule has 6 nitrogen and oxygen atoms in total. The van der Waals surface area contributed by atoms with E-state index in [2.05, 4.69) is 5.32 Å². The molecule has 0 aromatic heterocycles. The smallest absolute Gasteiger partial charge is 0.323 e. The molecule has 1 fully saturated rings.